The maximum atomic E-state index is 11.2. The zero-order valence-electron chi connectivity index (χ0n) is 9.12. The number of nitrogens with zero attached hydrogens (tertiary/aromatic N) is 1. The topological polar surface area (TPSA) is 89.7 Å². The van der Waals surface area contributed by atoms with E-state index in [1.165, 1.54) is 19.1 Å². The third-order valence-electron chi connectivity index (χ3n) is 2.24. The van der Waals surface area contributed by atoms with E-state index in [0.29, 0.717) is 0 Å². The van der Waals surface area contributed by atoms with Gasteiger partial charge in [0.25, 0.3) is 0 Å². The van der Waals surface area contributed by atoms with Crippen LogP contribution in [-0.2, 0) is 10.5 Å². The molecule has 1 aromatic rings. The minimum absolute atomic E-state index is 0.0175. The van der Waals surface area contributed by atoms with Crippen molar-refractivity contribution in [1.82, 2.24) is 0 Å². The van der Waals surface area contributed by atoms with Crippen LogP contribution in [0.4, 0.5) is 4.79 Å². The molecule has 1 unspecified atom stereocenters. The lowest BCUT2D eigenvalue weighted by molar-refractivity contribution is -0.619. The van der Waals surface area contributed by atoms with Gasteiger partial charge in [-0.05, 0) is 19.1 Å². The van der Waals surface area contributed by atoms with Crippen molar-refractivity contribution in [3.63, 3.8) is 0 Å². The number of rotatable bonds is 4. The van der Waals surface area contributed by atoms with Gasteiger partial charge in [-0.2, -0.15) is 0 Å². The molecule has 17 heavy (non-hydrogen) atoms. The Morgan fingerprint density at radius 3 is 2.35 bits per heavy atom. The van der Waals surface area contributed by atoms with Gasteiger partial charge in [-0.15, -0.1) is 0 Å². The Bertz CT molecular complexity index is 440. The minimum Gasteiger partial charge on any atom is -0.450 e. The SMILES string of the molecule is C=C(C)C(OC(=O)O)(c1ccccc1)[N+](=O)[O-]. The Balaban J connectivity index is 3.40. The van der Waals surface area contributed by atoms with Crippen LogP contribution in [0.25, 0.3) is 0 Å². The van der Waals surface area contributed by atoms with Gasteiger partial charge < -0.3 is 9.84 Å². The summed E-state index contributed by atoms with van der Waals surface area (Å²) >= 11 is 0. The first-order chi connectivity index (χ1) is 7.91. The summed E-state index contributed by atoms with van der Waals surface area (Å²) < 4.78 is 4.46. The number of benzene rings is 1. The quantitative estimate of drug-likeness (QED) is 0.285. The Morgan fingerprint density at radius 2 is 2.00 bits per heavy atom. The molecule has 0 saturated heterocycles. The van der Waals surface area contributed by atoms with E-state index in [0.717, 1.165) is 0 Å². The molecule has 0 aliphatic heterocycles. The lowest BCUT2D eigenvalue weighted by Crippen LogP contribution is -2.41. The van der Waals surface area contributed by atoms with E-state index in [1.807, 2.05) is 0 Å². The molecule has 0 aromatic heterocycles. The van der Waals surface area contributed by atoms with E-state index in [4.69, 9.17) is 5.11 Å². The molecule has 0 fully saturated rings. The monoisotopic (exact) mass is 237 g/mol. The van der Waals surface area contributed by atoms with E-state index >= 15 is 0 Å². The fourth-order valence-electron chi connectivity index (χ4n) is 1.48. The van der Waals surface area contributed by atoms with Crippen LogP contribution in [0, 0.1) is 10.1 Å². The van der Waals surface area contributed by atoms with Crippen LogP contribution < -0.4 is 0 Å². The summed E-state index contributed by atoms with van der Waals surface area (Å²) in [6.07, 6.45) is -1.73. The molecular weight excluding hydrogens is 226 g/mol. The van der Waals surface area contributed by atoms with E-state index in [-0.39, 0.29) is 11.1 Å². The van der Waals surface area contributed by atoms with Crippen LogP contribution in [0.2, 0.25) is 0 Å². The molecule has 0 bridgehead atoms. The van der Waals surface area contributed by atoms with Gasteiger partial charge >= 0.3 is 11.9 Å². The minimum atomic E-state index is -2.26. The zero-order chi connectivity index (χ0) is 13.1. The number of hydrogen-bond acceptors (Lipinski definition) is 4. The van der Waals surface area contributed by atoms with Gasteiger partial charge in [0.2, 0.25) is 0 Å². The predicted octanol–water partition coefficient (Wildman–Crippen LogP) is 2.39. The molecule has 0 heterocycles. The van der Waals surface area contributed by atoms with Crippen LogP contribution in [0.5, 0.6) is 0 Å². The first kappa shape index (κ1) is 12.7. The third-order valence-corrected chi connectivity index (χ3v) is 2.24. The summed E-state index contributed by atoms with van der Waals surface area (Å²) in [4.78, 5) is 21.0. The smallest absolute Gasteiger partial charge is 0.450 e. The Morgan fingerprint density at radius 1 is 1.47 bits per heavy atom. The fraction of sp³-hybridized carbons (Fsp3) is 0.182. The van der Waals surface area contributed by atoms with Gasteiger partial charge in [-0.25, -0.2) is 4.79 Å². The average Bonchev–Trinajstić information content (AvgIpc) is 2.25. The third kappa shape index (κ3) is 2.25. The number of carbonyl (C=O) groups is 1. The van der Waals surface area contributed by atoms with E-state index in [1.54, 1.807) is 18.2 Å². The summed E-state index contributed by atoms with van der Waals surface area (Å²) in [6.45, 7) is 4.79. The summed E-state index contributed by atoms with van der Waals surface area (Å²) in [5.74, 6) is 0. The van der Waals surface area contributed by atoms with Crippen LogP contribution in [0.15, 0.2) is 42.5 Å². The highest BCUT2D eigenvalue weighted by Crippen LogP contribution is 2.33. The van der Waals surface area contributed by atoms with Gasteiger partial charge in [0.1, 0.15) is 0 Å². The summed E-state index contributed by atoms with van der Waals surface area (Å²) in [5.41, 5.74) is -2.16. The van der Waals surface area contributed by atoms with Gasteiger partial charge in [0, 0.05) is 5.57 Å². The molecule has 6 nitrogen and oxygen atoms in total. The molecule has 1 aromatic carbocycles. The fourth-order valence-corrected chi connectivity index (χ4v) is 1.48. The van der Waals surface area contributed by atoms with Crippen molar-refractivity contribution in [2.75, 3.05) is 0 Å². The van der Waals surface area contributed by atoms with Crippen LogP contribution in [-0.4, -0.2) is 16.2 Å². The molecule has 0 aliphatic carbocycles. The van der Waals surface area contributed by atoms with Gasteiger partial charge in [0.05, 0.1) is 10.5 Å². The van der Waals surface area contributed by atoms with Gasteiger partial charge in [-0.1, -0.05) is 24.8 Å². The second kappa shape index (κ2) is 4.65. The highest BCUT2D eigenvalue weighted by Gasteiger charge is 2.50. The highest BCUT2D eigenvalue weighted by atomic mass is 16.7. The van der Waals surface area contributed by atoms with Crippen molar-refractivity contribution in [1.29, 1.82) is 0 Å². The van der Waals surface area contributed by atoms with Crippen molar-refractivity contribution in [3.8, 4) is 0 Å². The maximum Gasteiger partial charge on any atom is 0.511 e. The largest absolute Gasteiger partial charge is 0.511 e. The molecule has 0 saturated carbocycles. The maximum absolute atomic E-state index is 11.2. The Hall–Kier alpha value is -2.37. The van der Waals surface area contributed by atoms with Crippen molar-refractivity contribution >= 4 is 6.16 Å². The zero-order valence-corrected chi connectivity index (χ0v) is 9.12. The Labute approximate surface area is 97.3 Å². The van der Waals surface area contributed by atoms with Crippen molar-refractivity contribution < 1.29 is 19.6 Å². The lowest BCUT2D eigenvalue weighted by Gasteiger charge is -2.23. The van der Waals surface area contributed by atoms with Crippen molar-refractivity contribution in [2.45, 2.75) is 12.6 Å². The molecular formula is C11H11NO5. The average molecular weight is 237 g/mol. The van der Waals surface area contributed by atoms with E-state index in [9.17, 15) is 14.9 Å². The summed E-state index contributed by atoms with van der Waals surface area (Å²) in [5, 5.41) is 19.8. The number of hydrogen-bond donors (Lipinski definition) is 1. The first-order valence-electron chi connectivity index (χ1n) is 4.69. The van der Waals surface area contributed by atoms with E-state index < -0.39 is 16.8 Å². The number of ether oxygens (including phenoxy) is 1. The van der Waals surface area contributed by atoms with Gasteiger partial charge in [0.15, 0.2) is 0 Å². The first-order valence-corrected chi connectivity index (χ1v) is 4.69. The second-order valence-electron chi connectivity index (χ2n) is 3.42. The molecule has 0 radical (unpaired) electrons. The normalized spacial score (nSPS) is 13.5. The second-order valence-corrected chi connectivity index (χ2v) is 3.42. The lowest BCUT2D eigenvalue weighted by atomic mass is 9.97. The highest BCUT2D eigenvalue weighted by molar-refractivity contribution is 5.58. The molecule has 1 N–H and O–H groups in total. The standard InChI is InChI=1S/C11H11NO5/c1-8(2)11(12(15)16,17-10(13)14)9-6-4-3-5-7-9/h3-7H,1H2,2H3,(H,13,14). The number of nitro groups is 1. The summed E-state index contributed by atoms with van der Waals surface area (Å²) in [7, 11) is 0. The molecule has 0 amide bonds. The molecule has 0 spiro atoms. The molecule has 6 heteroatoms. The molecule has 1 rings (SSSR count). The predicted molar refractivity (Wildman–Crippen MR) is 59.0 cm³/mol. The van der Waals surface area contributed by atoms with Crippen LogP contribution >= 0.6 is 0 Å². The van der Waals surface area contributed by atoms with Crippen LogP contribution in [0.3, 0.4) is 0 Å². The Kier molecular flexibility index (Phi) is 3.47. The van der Waals surface area contributed by atoms with Crippen LogP contribution in [0.1, 0.15) is 12.5 Å². The molecule has 90 valence electrons. The molecule has 1 atom stereocenters. The van der Waals surface area contributed by atoms with Crippen molar-refractivity contribution in [2.24, 2.45) is 0 Å². The van der Waals surface area contributed by atoms with Gasteiger partial charge in [-0.3, -0.25) is 10.1 Å². The van der Waals surface area contributed by atoms with E-state index in [2.05, 4.69) is 11.3 Å². The van der Waals surface area contributed by atoms with Crippen molar-refractivity contribution in [3.05, 3.63) is 58.2 Å². The molecule has 0 aliphatic rings. The summed E-state index contributed by atoms with van der Waals surface area (Å²) in [6, 6.07) is 7.61. The number of carboxylic acid groups (broad SMARTS) is 1.